The molecular formula is C11H16ClFN2O3. The molecule has 102 valence electrons. The summed E-state index contributed by atoms with van der Waals surface area (Å²) in [5.41, 5.74) is 5.96. The third-order valence-electron chi connectivity index (χ3n) is 2.42. The van der Waals surface area contributed by atoms with E-state index < -0.39 is 23.9 Å². The molecule has 0 saturated heterocycles. The van der Waals surface area contributed by atoms with Crippen molar-refractivity contribution in [3.8, 4) is 0 Å². The van der Waals surface area contributed by atoms with E-state index in [1.54, 1.807) is 0 Å². The molecule has 1 amide bonds. The summed E-state index contributed by atoms with van der Waals surface area (Å²) in [5.74, 6) is -0.987. The van der Waals surface area contributed by atoms with Crippen molar-refractivity contribution in [3.05, 3.63) is 35.6 Å². The number of nitrogens with two attached hydrogens (primary N) is 1. The number of halogens is 2. The molecule has 0 spiro atoms. The first-order chi connectivity index (χ1) is 7.97. The number of carbonyl (C=O) groups excluding carboxylic acids is 1. The van der Waals surface area contributed by atoms with Crippen LogP contribution in [0.1, 0.15) is 11.7 Å². The summed E-state index contributed by atoms with van der Waals surface area (Å²) in [6.07, 6.45) is -1.21. The zero-order valence-corrected chi connectivity index (χ0v) is 10.9. The molecule has 0 heterocycles. The quantitative estimate of drug-likeness (QED) is 0.792. The van der Waals surface area contributed by atoms with E-state index in [0.29, 0.717) is 5.56 Å². The van der Waals surface area contributed by atoms with Crippen LogP contribution < -0.4 is 5.73 Å². The normalized spacial score (nSPS) is 13.4. The lowest BCUT2D eigenvalue weighted by atomic mass is 10.0. The summed E-state index contributed by atoms with van der Waals surface area (Å²) in [4.78, 5) is 16.3. The van der Waals surface area contributed by atoms with Crippen molar-refractivity contribution in [2.75, 3.05) is 14.2 Å². The molecule has 0 aromatic heterocycles. The first kappa shape index (κ1) is 16.8. The molecule has 5 nitrogen and oxygen atoms in total. The third-order valence-corrected chi connectivity index (χ3v) is 2.42. The molecule has 0 fully saturated rings. The summed E-state index contributed by atoms with van der Waals surface area (Å²) in [7, 11) is 2.70. The summed E-state index contributed by atoms with van der Waals surface area (Å²) < 4.78 is 12.7. The predicted octanol–water partition coefficient (Wildman–Crippen LogP) is 0.628. The number of nitrogens with zero attached hydrogens (tertiary/aromatic N) is 1. The molecule has 7 heteroatoms. The molecule has 3 N–H and O–H groups in total. The van der Waals surface area contributed by atoms with Gasteiger partial charge in [-0.25, -0.2) is 9.45 Å². The molecule has 2 unspecified atom stereocenters. The average molecular weight is 279 g/mol. The van der Waals surface area contributed by atoms with Crippen LogP contribution in [-0.2, 0) is 9.63 Å². The number of hydrogen-bond donors (Lipinski definition) is 2. The van der Waals surface area contributed by atoms with Crippen LogP contribution in [0.3, 0.4) is 0 Å². The molecule has 1 aromatic rings. The Labute approximate surface area is 111 Å². The van der Waals surface area contributed by atoms with E-state index in [1.165, 1.54) is 38.4 Å². The maximum atomic E-state index is 12.7. The Morgan fingerprint density at radius 1 is 1.44 bits per heavy atom. The van der Waals surface area contributed by atoms with E-state index in [4.69, 9.17) is 5.73 Å². The van der Waals surface area contributed by atoms with Gasteiger partial charge in [0.2, 0.25) is 0 Å². The van der Waals surface area contributed by atoms with Crippen molar-refractivity contribution < 1.29 is 19.1 Å². The van der Waals surface area contributed by atoms with Gasteiger partial charge in [0.05, 0.1) is 7.11 Å². The van der Waals surface area contributed by atoms with E-state index in [0.717, 1.165) is 5.06 Å². The van der Waals surface area contributed by atoms with Crippen molar-refractivity contribution in [3.63, 3.8) is 0 Å². The molecule has 1 aromatic carbocycles. The second-order valence-electron chi connectivity index (χ2n) is 3.54. The van der Waals surface area contributed by atoms with Gasteiger partial charge >= 0.3 is 0 Å². The fourth-order valence-corrected chi connectivity index (χ4v) is 1.30. The number of hydroxylamine groups is 2. The highest BCUT2D eigenvalue weighted by Crippen LogP contribution is 2.17. The minimum Gasteiger partial charge on any atom is -0.386 e. The van der Waals surface area contributed by atoms with Gasteiger partial charge < -0.3 is 10.8 Å². The molecule has 0 aliphatic carbocycles. The molecule has 18 heavy (non-hydrogen) atoms. The molecule has 2 atom stereocenters. The largest absolute Gasteiger partial charge is 0.386 e. The van der Waals surface area contributed by atoms with Crippen LogP contribution >= 0.6 is 12.4 Å². The highest BCUT2D eigenvalue weighted by Gasteiger charge is 2.26. The fourth-order valence-electron chi connectivity index (χ4n) is 1.30. The lowest BCUT2D eigenvalue weighted by Gasteiger charge is -2.22. The summed E-state index contributed by atoms with van der Waals surface area (Å²) in [6, 6.07) is 3.97. The minimum absolute atomic E-state index is 0. The highest BCUT2D eigenvalue weighted by molar-refractivity contribution is 5.85. The summed E-state index contributed by atoms with van der Waals surface area (Å²) >= 11 is 0. The van der Waals surface area contributed by atoms with Crippen LogP contribution in [0, 0.1) is 5.82 Å². The third kappa shape index (κ3) is 3.92. The number of carbonyl (C=O) groups is 1. The van der Waals surface area contributed by atoms with Crippen molar-refractivity contribution in [1.29, 1.82) is 0 Å². The van der Waals surface area contributed by atoms with Gasteiger partial charge in [-0.3, -0.25) is 9.63 Å². The van der Waals surface area contributed by atoms with Crippen LogP contribution in [0.5, 0.6) is 0 Å². The molecule has 0 bridgehead atoms. The first-order valence-corrected chi connectivity index (χ1v) is 4.98. The van der Waals surface area contributed by atoms with Crippen LogP contribution in [0.25, 0.3) is 0 Å². The first-order valence-electron chi connectivity index (χ1n) is 4.98. The summed E-state index contributed by atoms with van der Waals surface area (Å²) in [6.45, 7) is 0. The maximum absolute atomic E-state index is 12.7. The fraction of sp³-hybridized carbons (Fsp3) is 0.364. The number of aliphatic hydroxyl groups is 1. The number of aliphatic hydroxyl groups excluding tert-OH is 1. The number of rotatable bonds is 4. The van der Waals surface area contributed by atoms with Crippen molar-refractivity contribution in [1.82, 2.24) is 5.06 Å². The van der Waals surface area contributed by atoms with Crippen LogP contribution in [0.4, 0.5) is 4.39 Å². The number of benzene rings is 1. The van der Waals surface area contributed by atoms with Crippen molar-refractivity contribution in [2.45, 2.75) is 12.1 Å². The number of hydrogen-bond acceptors (Lipinski definition) is 4. The standard InChI is InChI=1S/C11H15FN2O3.ClH/c1-14(17-2)11(16)9(13)10(15)7-3-5-8(12)6-4-7;/h3-6,9-10,15H,13H2,1-2H3;1H. The van der Waals surface area contributed by atoms with E-state index in [2.05, 4.69) is 4.84 Å². The lowest BCUT2D eigenvalue weighted by Crippen LogP contribution is -2.45. The van der Waals surface area contributed by atoms with Gasteiger partial charge in [0.15, 0.2) is 0 Å². The molecule has 0 aliphatic rings. The Kier molecular flexibility index (Phi) is 6.79. The smallest absolute Gasteiger partial charge is 0.265 e. The zero-order valence-electron chi connectivity index (χ0n) is 10.0. The SMILES string of the molecule is CON(C)C(=O)C(N)C(O)c1ccc(F)cc1.Cl. The van der Waals surface area contributed by atoms with Gasteiger partial charge in [-0.2, -0.15) is 0 Å². The molecule has 0 aliphatic heterocycles. The number of amides is 1. The molecule has 0 radical (unpaired) electrons. The molecule has 0 saturated carbocycles. The molecular weight excluding hydrogens is 263 g/mol. The van der Waals surface area contributed by atoms with E-state index in [9.17, 15) is 14.3 Å². The monoisotopic (exact) mass is 278 g/mol. The topological polar surface area (TPSA) is 75.8 Å². The van der Waals surface area contributed by atoms with Gasteiger partial charge in [-0.05, 0) is 17.7 Å². The second-order valence-corrected chi connectivity index (χ2v) is 3.54. The lowest BCUT2D eigenvalue weighted by molar-refractivity contribution is -0.172. The Balaban J connectivity index is 0.00000289. The average Bonchev–Trinajstić information content (AvgIpc) is 2.36. The van der Waals surface area contributed by atoms with Crippen LogP contribution in [-0.4, -0.2) is 36.3 Å². The second kappa shape index (κ2) is 7.27. The number of likely N-dealkylation sites (N-methyl/N-ethyl adjacent to an activating group) is 1. The summed E-state index contributed by atoms with van der Waals surface area (Å²) in [5, 5.41) is 10.8. The van der Waals surface area contributed by atoms with E-state index >= 15 is 0 Å². The molecule has 1 rings (SSSR count). The van der Waals surface area contributed by atoms with E-state index in [1.807, 2.05) is 0 Å². The van der Waals surface area contributed by atoms with Crippen LogP contribution in [0.2, 0.25) is 0 Å². The zero-order chi connectivity index (χ0) is 13.0. The Morgan fingerprint density at radius 3 is 2.39 bits per heavy atom. The Morgan fingerprint density at radius 2 is 1.94 bits per heavy atom. The van der Waals surface area contributed by atoms with Crippen molar-refractivity contribution in [2.24, 2.45) is 5.73 Å². The predicted molar refractivity (Wildman–Crippen MR) is 66.4 cm³/mol. The maximum Gasteiger partial charge on any atom is 0.265 e. The van der Waals surface area contributed by atoms with E-state index in [-0.39, 0.29) is 12.4 Å². The minimum atomic E-state index is -1.21. The highest BCUT2D eigenvalue weighted by atomic mass is 35.5. The Hall–Kier alpha value is -1.21. The van der Waals surface area contributed by atoms with Gasteiger partial charge in [-0.15, -0.1) is 12.4 Å². The van der Waals surface area contributed by atoms with Gasteiger partial charge in [0.1, 0.15) is 18.0 Å². The Bertz CT molecular complexity index is 388. The van der Waals surface area contributed by atoms with Crippen LogP contribution in [0.15, 0.2) is 24.3 Å². The van der Waals surface area contributed by atoms with Gasteiger partial charge in [0.25, 0.3) is 5.91 Å². The van der Waals surface area contributed by atoms with Gasteiger partial charge in [-0.1, -0.05) is 12.1 Å². The van der Waals surface area contributed by atoms with Gasteiger partial charge in [0, 0.05) is 7.05 Å². The van der Waals surface area contributed by atoms with Crippen molar-refractivity contribution >= 4 is 18.3 Å².